The lowest BCUT2D eigenvalue weighted by molar-refractivity contribution is -0.140. The van der Waals surface area contributed by atoms with Gasteiger partial charge in [-0.3, -0.25) is 13.9 Å². The topological polar surface area (TPSA) is 86.8 Å². The van der Waals surface area contributed by atoms with E-state index in [0.29, 0.717) is 34.1 Å². The van der Waals surface area contributed by atoms with Gasteiger partial charge in [-0.1, -0.05) is 96.9 Å². The van der Waals surface area contributed by atoms with Crippen LogP contribution in [0.15, 0.2) is 108 Å². The fraction of sp³-hybridized carbons (Fsp3) is 0.235. The molecule has 0 aliphatic carbocycles. The van der Waals surface area contributed by atoms with E-state index in [2.05, 4.69) is 5.32 Å². The van der Waals surface area contributed by atoms with Crippen molar-refractivity contribution in [1.82, 2.24) is 10.2 Å². The van der Waals surface area contributed by atoms with Crippen molar-refractivity contribution in [3.63, 3.8) is 0 Å². The van der Waals surface area contributed by atoms with Gasteiger partial charge in [-0.2, -0.15) is 0 Å². The highest BCUT2D eigenvalue weighted by Crippen LogP contribution is 2.31. The number of benzene rings is 4. The molecule has 4 aromatic rings. The molecule has 7 nitrogen and oxygen atoms in total. The summed E-state index contributed by atoms with van der Waals surface area (Å²) in [5.41, 5.74) is 2.33. The first-order valence-corrected chi connectivity index (χ1v) is 16.5. The fourth-order valence-electron chi connectivity index (χ4n) is 4.85. The summed E-state index contributed by atoms with van der Waals surface area (Å²) in [7, 11) is -4.22. The van der Waals surface area contributed by atoms with Crippen LogP contribution in [0.3, 0.4) is 0 Å². The molecule has 4 aromatic carbocycles. The van der Waals surface area contributed by atoms with E-state index in [0.717, 1.165) is 9.87 Å². The van der Waals surface area contributed by atoms with Crippen LogP contribution in [0, 0.1) is 6.92 Å². The molecule has 1 N–H and O–H groups in total. The third kappa shape index (κ3) is 8.20. The zero-order valence-corrected chi connectivity index (χ0v) is 26.9. The van der Waals surface area contributed by atoms with E-state index in [4.69, 9.17) is 23.2 Å². The summed E-state index contributed by atoms with van der Waals surface area (Å²) in [6.07, 6.45) is 0.938. The van der Waals surface area contributed by atoms with Gasteiger partial charge in [0.2, 0.25) is 11.8 Å². The van der Waals surface area contributed by atoms with Gasteiger partial charge in [0.1, 0.15) is 12.6 Å². The minimum absolute atomic E-state index is 0.0232. The molecule has 1 atom stereocenters. The standard InChI is InChI=1S/C34H35Cl2N3O4S/c1-3-20-37-34(41)32(22-26-12-6-4-7-13-26)38(23-27-14-10-15-28(35)21-27)33(40)24-39(31-19-11-18-30(36)25(31)2)44(42,43)29-16-8-5-9-17-29/h4-19,21,32H,3,20,22-24H2,1-2H3,(H,37,41). The van der Waals surface area contributed by atoms with Gasteiger partial charge in [0.05, 0.1) is 10.6 Å². The van der Waals surface area contributed by atoms with Crippen molar-refractivity contribution in [3.05, 3.63) is 130 Å². The second kappa shape index (κ2) is 15.2. The van der Waals surface area contributed by atoms with Crippen LogP contribution in [0.4, 0.5) is 5.69 Å². The monoisotopic (exact) mass is 651 g/mol. The van der Waals surface area contributed by atoms with Crippen LogP contribution in [0.5, 0.6) is 0 Å². The molecule has 0 saturated heterocycles. The van der Waals surface area contributed by atoms with Crippen molar-refractivity contribution in [2.45, 2.75) is 44.2 Å². The van der Waals surface area contributed by atoms with Gasteiger partial charge >= 0.3 is 0 Å². The Morgan fingerprint density at radius 3 is 2.14 bits per heavy atom. The van der Waals surface area contributed by atoms with E-state index in [1.165, 1.54) is 17.0 Å². The van der Waals surface area contributed by atoms with Gasteiger partial charge in [-0.05, 0) is 66.4 Å². The van der Waals surface area contributed by atoms with Gasteiger partial charge < -0.3 is 10.2 Å². The van der Waals surface area contributed by atoms with Crippen molar-refractivity contribution in [3.8, 4) is 0 Å². The summed E-state index contributed by atoms with van der Waals surface area (Å²) >= 11 is 12.7. The molecule has 0 fully saturated rings. The lowest BCUT2D eigenvalue weighted by Crippen LogP contribution is -2.53. The molecule has 0 spiro atoms. The quantitative estimate of drug-likeness (QED) is 0.175. The molecule has 0 aliphatic heterocycles. The van der Waals surface area contributed by atoms with Crippen LogP contribution >= 0.6 is 23.2 Å². The Morgan fingerprint density at radius 1 is 0.841 bits per heavy atom. The van der Waals surface area contributed by atoms with Crippen molar-refractivity contribution >= 4 is 50.7 Å². The number of anilines is 1. The minimum Gasteiger partial charge on any atom is -0.354 e. The van der Waals surface area contributed by atoms with Crippen molar-refractivity contribution in [1.29, 1.82) is 0 Å². The molecular formula is C34H35Cl2N3O4S. The predicted molar refractivity (Wildman–Crippen MR) is 176 cm³/mol. The zero-order chi connectivity index (χ0) is 31.7. The Hall–Kier alpha value is -3.85. The minimum atomic E-state index is -4.22. The summed E-state index contributed by atoms with van der Waals surface area (Å²) in [5, 5.41) is 3.78. The number of rotatable bonds is 13. The number of carbonyl (C=O) groups excluding carboxylic acids is 2. The van der Waals surface area contributed by atoms with E-state index in [1.54, 1.807) is 61.5 Å². The second-order valence-electron chi connectivity index (χ2n) is 10.4. The van der Waals surface area contributed by atoms with E-state index in [9.17, 15) is 18.0 Å². The molecule has 0 heterocycles. The summed E-state index contributed by atoms with van der Waals surface area (Å²) in [5.74, 6) is -0.890. The van der Waals surface area contributed by atoms with E-state index in [1.807, 2.05) is 43.3 Å². The van der Waals surface area contributed by atoms with E-state index in [-0.39, 0.29) is 29.5 Å². The van der Waals surface area contributed by atoms with Crippen molar-refractivity contribution < 1.29 is 18.0 Å². The SMILES string of the molecule is CCCNC(=O)C(Cc1ccccc1)N(Cc1cccc(Cl)c1)C(=O)CN(c1cccc(Cl)c1C)S(=O)(=O)c1ccccc1. The lowest BCUT2D eigenvalue weighted by Gasteiger charge is -2.34. The first-order valence-electron chi connectivity index (χ1n) is 14.3. The Balaban J connectivity index is 1.82. The van der Waals surface area contributed by atoms with Gasteiger partial charge in [-0.25, -0.2) is 8.42 Å². The Labute approximate surface area is 269 Å². The third-order valence-electron chi connectivity index (χ3n) is 7.18. The zero-order valence-electron chi connectivity index (χ0n) is 24.6. The highest BCUT2D eigenvalue weighted by Gasteiger charge is 2.35. The molecule has 0 bridgehead atoms. The smallest absolute Gasteiger partial charge is 0.264 e. The number of hydrogen-bond acceptors (Lipinski definition) is 4. The first kappa shape index (κ1) is 33.1. The molecule has 10 heteroatoms. The van der Waals surface area contributed by atoms with Crippen LogP contribution in [-0.4, -0.2) is 44.3 Å². The molecule has 2 amide bonds. The number of sulfonamides is 1. The lowest BCUT2D eigenvalue weighted by atomic mass is 10.0. The normalized spacial score (nSPS) is 11.9. The molecule has 44 heavy (non-hydrogen) atoms. The summed E-state index contributed by atoms with van der Waals surface area (Å²) in [4.78, 5) is 29.6. The molecule has 1 unspecified atom stereocenters. The molecular weight excluding hydrogens is 617 g/mol. The predicted octanol–water partition coefficient (Wildman–Crippen LogP) is 6.66. The van der Waals surface area contributed by atoms with E-state index < -0.39 is 28.5 Å². The first-order chi connectivity index (χ1) is 21.1. The number of nitrogens with one attached hydrogen (secondary N) is 1. The largest absolute Gasteiger partial charge is 0.354 e. The van der Waals surface area contributed by atoms with Crippen LogP contribution < -0.4 is 9.62 Å². The van der Waals surface area contributed by atoms with Crippen LogP contribution in [0.2, 0.25) is 10.0 Å². The average Bonchev–Trinajstić information content (AvgIpc) is 3.02. The Morgan fingerprint density at radius 2 is 1.48 bits per heavy atom. The fourth-order valence-corrected chi connectivity index (χ4v) is 6.73. The molecule has 230 valence electrons. The summed E-state index contributed by atoms with van der Waals surface area (Å²) < 4.78 is 29.3. The Kier molecular flexibility index (Phi) is 11.4. The third-order valence-corrected chi connectivity index (χ3v) is 9.60. The maximum absolute atomic E-state index is 14.5. The van der Waals surface area contributed by atoms with E-state index >= 15 is 0 Å². The second-order valence-corrected chi connectivity index (χ2v) is 13.1. The average molecular weight is 653 g/mol. The van der Waals surface area contributed by atoms with Crippen LogP contribution in [0.1, 0.15) is 30.0 Å². The summed E-state index contributed by atoms with van der Waals surface area (Å²) in [6.45, 7) is 3.55. The number of halogens is 2. The van der Waals surface area contributed by atoms with Gasteiger partial charge in [0.15, 0.2) is 0 Å². The molecule has 0 aliphatic rings. The van der Waals surface area contributed by atoms with Crippen LogP contribution in [0.25, 0.3) is 0 Å². The maximum atomic E-state index is 14.5. The molecule has 0 saturated carbocycles. The Bertz CT molecular complexity index is 1690. The van der Waals surface area contributed by atoms with Crippen LogP contribution in [-0.2, 0) is 32.6 Å². The number of carbonyl (C=O) groups is 2. The summed E-state index contributed by atoms with van der Waals surface area (Å²) in [6, 6.07) is 28.3. The molecule has 0 radical (unpaired) electrons. The van der Waals surface area contributed by atoms with Gasteiger partial charge in [0, 0.05) is 29.6 Å². The van der Waals surface area contributed by atoms with Gasteiger partial charge in [-0.15, -0.1) is 0 Å². The van der Waals surface area contributed by atoms with Gasteiger partial charge in [0.25, 0.3) is 10.0 Å². The number of hydrogen-bond donors (Lipinski definition) is 1. The highest BCUT2D eigenvalue weighted by atomic mass is 35.5. The number of nitrogens with zero attached hydrogens (tertiary/aromatic N) is 2. The molecule has 0 aromatic heterocycles. The molecule has 4 rings (SSSR count). The number of amides is 2. The van der Waals surface area contributed by atoms with Crippen molar-refractivity contribution in [2.75, 3.05) is 17.4 Å². The highest BCUT2D eigenvalue weighted by molar-refractivity contribution is 7.92. The maximum Gasteiger partial charge on any atom is 0.264 e. The van der Waals surface area contributed by atoms with Crippen molar-refractivity contribution in [2.24, 2.45) is 0 Å².